The number of nitrogens with zero attached hydrogens (tertiary/aromatic N) is 3. The number of morpholine rings is 1. The second-order valence-corrected chi connectivity index (χ2v) is 10.8. The molecule has 0 aliphatic carbocycles. The summed E-state index contributed by atoms with van der Waals surface area (Å²) in [4.78, 5) is 32.5. The maximum atomic E-state index is 13.7. The molecule has 2 heterocycles. The summed E-state index contributed by atoms with van der Waals surface area (Å²) in [7, 11) is 2.07. The number of likely N-dealkylation sites (N-methyl/N-ethyl adjacent to an activating group) is 1. The SMILES string of the molecule is C[C@@H]1CN([C@H](C)CO)C(=O)c2cc(NC(=O)CCN3CCOCC3)ccc2O[C@H]1CN(C)Cc1ccccc1. The van der Waals surface area contributed by atoms with Crippen LogP contribution in [0.3, 0.4) is 0 Å². The second-order valence-electron chi connectivity index (χ2n) is 10.8. The molecule has 0 saturated carbocycles. The lowest BCUT2D eigenvalue weighted by Gasteiger charge is -2.38. The maximum absolute atomic E-state index is 13.7. The molecule has 0 radical (unpaired) electrons. The van der Waals surface area contributed by atoms with Crippen LogP contribution in [0.25, 0.3) is 0 Å². The molecular formula is C30H42N4O5. The number of benzene rings is 2. The highest BCUT2D eigenvalue weighted by molar-refractivity contribution is 5.99. The van der Waals surface area contributed by atoms with E-state index in [-0.39, 0.29) is 36.5 Å². The van der Waals surface area contributed by atoms with Crippen molar-refractivity contribution in [2.75, 3.05) is 64.9 Å². The van der Waals surface area contributed by atoms with Crippen LogP contribution in [0.15, 0.2) is 48.5 Å². The standard InChI is InChI=1S/C30H42N4O5/c1-22-18-34(23(2)21-35)30(37)26-17-25(31-29(36)11-12-33-13-15-38-16-14-33)9-10-27(26)39-28(22)20-32(3)19-24-7-5-4-6-8-24/h4-10,17,22-23,28,35H,11-16,18-21H2,1-3H3,(H,31,36)/t22-,23-,28+/m1/s1. The van der Waals surface area contributed by atoms with Crippen LogP contribution in [0.2, 0.25) is 0 Å². The number of hydrogen-bond acceptors (Lipinski definition) is 7. The number of aliphatic hydroxyl groups is 1. The summed E-state index contributed by atoms with van der Waals surface area (Å²) in [5.74, 6) is 0.217. The number of hydrogen-bond donors (Lipinski definition) is 2. The van der Waals surface area contributed by atoms with E-state index in [1.807, 2.05) is 25.1 Å². The number of carbonyl (C=O) groups excluding carboxylic acids is 2. The molecule has 2 N–H and O–H groups in total. The molecule has 0 bridgehead atoms. The van der Waals surface area contributed by atoms with Gasteiger partial charge in [0.1, 0.15) is 11.9 Å². The molecule has 39 heavy (non-hydrogen) atoms. The van der Waals surface area contributed by atoms with E-state index in [1.165, 1.54) is 5.56 Å². The van der Waals surface area contributed by atoms with E-state index in [4.69, 9.17) is 9.47 Å². The molecular weight excluding hydrogens is 496 g/mol. The van der Waals surface area contributed by atoms with Crippen LogP contribution in [0.4, 0.5) is 5.69 Å². The zero-order valence-electron chi connectivity index (χ0n) is 23.3. The topological polar surface area (TPSA) is 94.6 Å². The van der Waals surface area contributed by atoms with E-state index in [0.29, 0.717) is 56.3 Å². The van der Waals surface area contributed by atoms with Crippen molar-refractivity contribution in [3.05, 3.63) is 59.7 Å². The molecule has 9 nitrogen and oxygen atoms in total. The number of rotatable bonds is 10. The third-order valence-electron chi connectivity index (χ3n) is 7.49. The van der Waals surface area contributed by atoms with E-state index >= 15 is 0 Å². The Kier molecular flexibility index (Phi) is 10.3. The van der Waals surface area contributed by atoms with Gasteiger partial charge in [-0.2, -0.15) is 0 Å². The molecule has 2 aliphatic rings. The smallest absolute Gasteiger partial charge is 0.258 e. The Labute approximate surface area is 231 Å². The van der Waals surface area contributed by atoms with Gasteiger partial charge >= 0.3 is 0 Å². The first-order valence-corrected chi connectivity index (χ1v) is 13.9. The van der Waals surface area contributed by atoms with Crippen molar-refractivity contribution in [1.29, 1.82) is 0 Å². The second kappa shape index (κ2) is 13.9. The van der Waals surface area contributed by atoms with Gasteiger partial charge < -0.3 is 24.8 Å². The number of anilines is 1. The molecule has 2 aliphatic heterocycles. The van der Waals surface area contributed by atoms with Crippen molar-refractivity contribution in [2.24, 2.45) is 5.92 Å². The van der Waals surface area contributed by atoms with Gasteiger partial charge in [-0.1, -0.05) is 37.3 Å². The van der Waals surface area contributed by atoms with E-state index in [0.717, 1.165) is 19.6 Å². The minimum absolute atomic E-state index is 0.0360. The number of nitrogens with one attached hydrogen (secondary N) is 1. The van der Waals surface area contributed by atoms with Crippen molar-refractivity contribution < 1.29 is 24.2 Å². The lowest BCUT2D eigenvalue weighted by Crippen LogP contribution is -2.49. The predicted molar refractivity (Wildman–Crippen MR) is 151 cm³/mol. The monoisotopic (exact) mass is 538 g/mol. The Bertz CT molecular complexity index is 1090. The van der Waals surface area contributed by atoms with Crippen LogP contribution in [0, 0.1) is 5.92 Å². The highest BCUT2D eigenvalue weighted by Gasteiger charge is 2.33. The summed E-state index contributed by atoms with van der Waals surface area (Å²) in [6.07, 6.45) is 0.190. The van der Waals surface area contributed by atoms with Crippen LogP contribution in [-0.4, -0.2) is 103 Å². The van der Waals surface area contributed by atoms with Crippen LogP contribution in [0.1, 0.15) is 36.2 Å². The van der Waals surface area contributed by atoms with Crippen LogP contribution in [-0.2, 0) is 16.1 Å². The molecule has 2 aromatic rings. The molecule has 9 heteroatoms. The lowest BCUT2D eigenvalue weighted by molar-refractivity contribution is -0.116. The van der Waals surface area contributed by atoms with Gasteiger partial charge in [-0.15, -0.1) is 0 Å². The largest absolute Gasteiger partial charge is 0.488 e. The van der Waals surface area contributed by atoms with Crippen molar-refractivity contribution in [2.45, 2.75) is 39.0 Å². The van der Waals surface area contributed by atoms with Gasteiger partial charge in [0.25, 0.3) is 5.91 Å². The number of amides is 2. The number of ether oxygens (including phenoxy) is 2. The summed E-state index contributed by atoms with van der Waals surface area (Å²) in [5, 5.41) is 12.9. The third kappa shape index (κ3) is 8.02. The Morgan fingerprint density at radius 1 is 1.18 bits per heavy atom. The molecule has 3 atom stereocenters. The van der Waals surface area contributed by atoms with E-state index in [2.05, 4.69) is 41.2 Å². The molecule has 212 valence electrons. The predicted octanol–water partition coefficient (Wildman–Crippen LogP) is 2.70. The average Bonchev–Trinajstić information content (AvgIpc) is 2.94. The summed E-state index contributed by atoms with van der Waals surface area (Å²) >= 11 is 0. The Morgan fingerprint density at radius 3 is 2.64 bits per heavy atom. The fourth-order valence-electron chi connectivity index (χ4n) is 5.09. The molecule has 1 saturated heterocycles. The average molecular weight is 539 g/mol. The minimum atomic E-state index is -0.347. The molecule has 0 spiro atoms. The zero-order valence-corrected chi connectivity index (χ0v) is 23.3. The summed E-state index contributed by atoms with van der Waals surface area (Å²) < 4.78 is 11.9. The molecule has 0 aromatic heterocycles. The van der Waals surface area contributed by atoms with Gasteiger partial charge in [0.15, 0.2) is 0 Å². The minimum Gasteiger partial charge on any atom is -0.488 e. The van der Waals surface area contributed by atoms with E-state index in [1.54, 1.807) is 23.1 Å². The summed E-state index contributed by atoms with van der Waals surface area (Å²) in [5.41, 5.74) is 2.17. The lowest BCUT2D eigenvalue weighted by atomic mass is 9.99. The van der Waals surface area contributed by atoms with Crippen molar-refractivity contribution >= 4 is 17.5 Å². The van der Waals surface area contributed by atoms with Gasteiger partial charge in [-0.3, -0.25) is 19.4 Å². The molecule has 0 unspecified atom stereocenters. The highest BCUT2D eigenvalue weighted by atomic mass is 16.5. The first-order valence-electron chi connectivity index (χ1n) is 13.9. The van der Waals surface area contributed by atoms with Crippen molar-refractivity contribution in [3.63, 3.8) is 0 Å². The number of fused-ring (bicyclic) bond motifs is 1. The van der Waals surface area contributed by atoms with E-state index in [9.17, 15) is 14.7 Å². The Morgan fingerprint density at radius 2 is 1.92 bits per heavy atom. The van der Waals surface area contributed by atoms with Crippen LogP contribution < -0.4 is 10.1 Å². The quantitative estimate of drug-likeness (QED) is 0.480. The molecule has 1 fully saturated rings. The summed E-state index contributed by atoms with van der Waals surface area (Å²) in [6, 6.07) is 15.2. The van der Waals surface area contributed by atoms with Gasteiger partial charge in [-0.05, 0) is 37.7 Å². The van der Waals surface area contributed by atoms with E-state index < -0.39 is 0 Å². The summed E-state index contributed by atoms with van der Waals surface area (Å²) in [6.45, 7) is 9.42. The molecule has 2 aromatic carbocycles. The fraction of sp³-hybridized carbons (Fsp3) is 0.533. The zero-order chi connectivity index (χ0) is 27.8. The van der Waals surface area contributed by atoms with Gasteiger partial charge in [0.2, 0.25) is 5.91 Å². The number of carbonyl (C=O) groups is 2. The first-order chi connectivity index (χ1) is 18.8. The Hall–Kier alpha value is -2.98. The maximum Gasteiger partial charge on any atom is 0.258 e. The first kappa shape index (κ1) is 29.0. The highest BCUT2D eigenvalue weighted by Crippen LogP contribution is 2.31. The van der Waals surface area contributed by atoms with Crippen LogP contribution in [0.5, 0.6) is 5.75 Å². The number of aliphatic hydroxyl groups excluding tert-OH is 1. The van der Waals surface area contributed by atoms with Crippen molar-refractivity contribution in [1.82, 2.24) is 14.7 Å². The molecule has 4 rings (SSSR count). The van der Waals surface area contributed by atoms with Gasteiger partial charge in [0, 0.05) is 57.3 Å². The van der Waals surface area contributed by atoms with Crippen LogP contribution >= 0.6 is 0 Å². The molecule has 2 amide bonds. The van der Waals surface area contributed by atoms with Crippen molar-refractivity contribution in [3.8, 4) is 5.75 Å². The Balaban J connectivity index is 1.50. The third-order valence-corrected chi connectivity index (χ3v) is 7.49. The van der Waals surface area contributed by atoms with Gasteiger partial charge in [0.05, 0.1) is 31.4 Å². The normalized spacial score (nSPS) is 21.1. The fourth-order valence-corrected chi connectivity index (χ4v) is 5.09. The van der Waals surface area contributed by atoms with Gasteiger partial charge in [-0.25, -0.2) is 0 Å².